The second kappa shape index (κ2) is 10.7. The van der Waals surface area contributed by atoms with Crippen LogP contribution in [0.3, 0.4) is 0 Å². The van der Waals surface area contributed by atoms with E-state index in [1.807, 2.05) is 0 Å². The number of nitrogens with one attached hydrogen (secondary N) is 1. The van der Waals surface area contributed by atoms with Crippen molar-refractivity contribution in [2.45, 2.75) is 57.2 Å². The molecule has 198 valence electrons. The first-order valence-electron chi connectivity index (χ1n) is 12.7. The van der Waals surface area contributed by atoms with Gasteiger partial charge < -0.3 is 15.3 Å². The Labute approximate surface area is 213 Å². The quantitative estimate of drug-likeness (QED) is 0.520. The van der Waals surface area contributed by atoms with Crippen LogP contribution in [-0.2, 0) is 0 Å². The lowest BCUT2D eigenvalue weighted by Gasteiger charge is -2.42. The number of carbonyl (C=O) groups is 1. The van der Waals surface area contributed by atoms with Crippen LogP contribution in [0.15, 0.2) is 36.8 Å². The molecule has 2 aromatic heterocycles. The lowest BCUT2D eigenvalue weighted by atomic mass is 9.98. The van der Waals surface area contributed by atoms with Crippen molar-refractivity contribution in [1.82, 2.24) is 24.8 Å². The molecule has 0 radical (unpaired) electrons. The molecule has 2 fully saturated rings. The van der Waals surface area contributed by atoms with Gasteiger partial charge in [-0.05, 0) is 45.2 Å². The van der Waals surface area contributed by atoms with Crippen LogP contribution >= 0.6 is 0 Å². The number of amides is 1. The molecule has 11 heteroatoms. The predicted molar refractivity (Wildman–Crippen MR) is 132 cm³/mol. The number of pyridine rings is 1. The molecule has 1 amide bonds. The number of hydrogen-bond donors (Lipinski definition) is 2. The molecule has 2 atom stereocenters. The molecule has 0 spiro atoms. The summed E-state index contributed by atoms with van der Waals surface area (Å²) in [6.45, 7) is 4.82. The van der Waals surface area contributed by atoms with E-state index in [4.69, 9.17) is 0 Å². The number of halogens is 3. The summed E-state index contributed by atoms with van der Waals surface area (Å²) in [6, 6.07) is 5.13. The van der Waals surface area contributed by atoms with E-state index < -0.39 is 29.8 Å². The maximum atomic E-state index is 14.6. The van der Waals surface area contributed by atoms with E-state index in [-0.39, 0.29) is 11.7 Å². The first-order chi connectivity index (χ1) is 17.8. The minimum absolute atomic E-state index is 0.00175. The lowest BCUT2D eigenvalue weighted by molar-refractivity contribution is 0.0398. The molecule has 0 aliphatic carbocycles. The van der Waals surface area contributed by atoms with Gasteiger partial charge in [-0.25, -0.2) is 22.7 Å². The van der Waals surface area contributed by atoms with Gasteiger partial charge in [-0.2, -0.15) is 5.10 Å². The third-order valence-corrected chi connectivity index (χ3v) is 7.48. The Kier molecular flexibility index (Phi) is 7.34. The van der Waals surface area contributed by atoms with E-state index in [0.29, 0.717) is 23.8 Å². The summed E-state index contributed by atoms with van der Waals surface area (Å²) in [7, 11) is 0. The SMILES string of the molecule is C[C@@H](NC(=O)c1cc(N2CCC(N3CCC[C@@H](O)C3)CC2)c2ncnn2c1)c1cccc(C(F)F)c1F. The first-order valence-corrected chi connectivity index (χ1v) is 12.7. The van der Waals surface area contributed by atoms with E-state index in [1.54, 1.807) is 23.7 Å². The van der Waals surface area contributed by atoms with Crippen molar-refractivity contribution in [2.75, 3.05) is 31.1 Å². The molecule has 0 unspecified atom stereocenters. The van der Waals surface area contributed by atoms with Gasteiger partial charge in [0.1, 0.15) is 12.1 Å². The van der Waals surface area contributed by atoms with Crippen LogP contribution in [0.25, 0.3) is 5.65 Å². The number of aliphatic hydroxyl groups is 1. The number of aliphatic hydroxyl groups excluding tert-OH is 1. The second-order valence-corrected chi connectivity index (χ2v) is 9.90. The Morgan fingerprint density at radius 1 is 1.16 bits per heavy atom. The van der Waals surface area contributed by atoms with Crippen molar-refractivity contribution in [3.8, 4) is 0 Å². The fourth-order valence-corrected chi connectivity index (χ4v) is 5.48. The number of alkyl halides is 2. The molecule has 2 aliphatic rings. The molecule has 0 bridgehead atoms. The largest absolute Gasteiger partial charge is 0.392 e. The second-order valence-electron chi connectivity index (χ2n) is 9.90. The highest BCUT2D eigenvalue weighted by Crippen LogP contribution is 2.30. The van der Waals surface area contributed by atoms with E-state index in [2.05, 4.69) is 25.2 Å². The van der Waals surface area contributed by atoms with E-state index in [0.717, 1.165) is 57.1 Å². The monoisotopic (exact) mass is 516 g/mol. The topological polar surface area (TPSA) is 86.0 Å². The smallest absolute Gasteiger partial charge is 0.266 e. The minimum Gasteiger partial charge on any atom is -0.392 e. The summed E-state index contributed by atoms with van der Waals surface area (Å²) in [5, 5.41) is 17.0. The van der Waals surface area contributed by atoms with Gasteiger partial charge in [0.15, 0.2) is 5.65 Å². The number of aromatic nitrogens is 3. The number of rotatable bonds is 6. The van der Waals surface area contributed by atoms with Gasteiger partial charge in [0.25, 0.3) is 12.3 Å². The van der Waals surface area contributed by atoms with Crippen molar-refractivity contribution in [1.29, 1.82) is 0 Å². The Hall–Kier alpha value is -3.18. The molecule has 2 N–H and O–H groups in total. The Balaban J connectivity index is 1.32. The van der Waals surface area contributed by atoms with Gasteiger partial charge in [-0.1, -0.05) is 18.2 Å². The standard InChI is InChI=1S/C26H31F3N6O2/c1-16(20-5-2-6-21(23(20)27)24(28)29)32-26(37)17-12-22(25-30-15-31-35(25)13-17)33-10-7-18(8-11-33)34-9-3-4-19(36)14-34/h2,5-6,12-13,15-16,18-19,24,36H,3-4,7-11,14H2,1H3,(H,32,37)/t16-,19-/m1/s1. The Bertz CT molecular complexity index is 1260. The van der Waals surface area contributed by atoms with Gasteiger partial charge in [-0.3, -0.25) is 9.69 Å². The number of nitrogens with zero attached hydrogens (tertiary/aromatic N) is 5. The molecular weight excluding hydrogens is 485 g/mol. The van der Waals surface area contributed by atoms with E-state index >= 15 is 0 Å². The maximum absolute atomic E-state index is 14.6. The van der Waals surface area contributed by atoms with Crippen LogP contribution in [-0.4, -0.2) is 68.8 Å². The van der Waals surface area contributed by atoms with E-state index in [1.165, 1.54) is 18.5 Å². The molecule has 2 aliphatic heterocycles. The highest BCUT2D eigenvalue weighted by molar-refractivity contribution is 5.96. The third-order valence-electron chi connectivity index (χ3n) is 7.48. The number of likely N-dealkylation sites (tertiary alicyclic amines) is 1. The van der Waals surface area contributed by atoms with Crippen molar-refractivity contribution in [3.05, 3.63) is 59.3 Å². The number of β-amino-alcohol motifs (C(OH)–C–C–N with tert-alkyl or cyclic N) is 1. The summed E-state index contributed by atoms with van der Waals surface area (Å²) in [6.07, 6.45) is 3.51. The molecular formula is C26H31F3N6O2. The van der Waals surface area contributed by atoms with Gasteiger partial charge in [0.2, 0.25) is 0 Å². The zero-order chi connectivity index (χ0) is 26.1. The Morgan fingerprint density at radius 3 is 2.65 bits per heavy atom. The maximum Gasteiger partial charge on any atom is 0.266 e. The third kappa shape index (κ3) is 5.28. The molecule has 0 saturated carbocycles. The number of carbonyl (C=O) groups excluding carboxylic acids is 1. The molecule has 2 saturated heterocycles. The molecule has 1 aromatic carbocycles. The van der Waals surface area contributed by atoms with Crippen LogP contribution in [0.5, 0.6) is 0 Å². The van der Waals surface area contributed by atoms with Crippen LogP contribution in [0.4, 0.5) is 18.9 Å². The number of benzene rings is 1. The number of piperidine rings is 2. The van der Waals surface area contributed by atoms with Gasteiger partial charge in [0.05, 0.1) is 29.0 Å². The number of anilines is 1. The fourth-order valence-electron chi connectivity index (χ4n) is 5.48. The van der Waals surface area contributed by atoms with Gasteiger partial charge in [-0.15, -0.1) is 0 Å². The summed E-state index contributed by atoms with van der Waals surface area (Å²) in [4.78, 5) is 22.1. The summed E-state index contributed by atoms with van der Waals surface area (Å²) in [5.41, 5.74) is 1.03. The average Bonchev–Trinajstić information content (AvgIpc) is 3.37. The number of fused-ring (bicyclic) bond motifs is 1. The molecule has 4 heterocycles. The van der Waals surface area contributed by atoms with Crippen LogP contribution < -0.4 is 10.2 Å². The molecule has 37 heavy (non-hydrogen) atoms. The molecule has 3 aromatic rings. The summed E-state index contributed by atoms with van der Waals surface area (Å²) >= 11 is 0. The first kappa shape index (κ1) is 25.5. The van der Waals surface area contributed by atoms with Crippen LogP contribution in [0.1, 0.15) is 66.6 Å². The van der Waals surface area contributed by atoms with Crippen molar-refractivity contribution in [2.24, 2.45) is 0 Å². The van der Waals surface area contributed by atoms with E-state index in [9.17, 15) is 23.1 Å². The van der Waals surface area contributed by atoms with Crippen molar-refractivity contribution < 1.29 is 23.1 Å². The molecule has 5 rings (SSSR count). The normalized spacial score (nSPS) is 20.5. The van der Waals surface area contributed by atoms with Gasteiger partial charge in [0, 0.05) is 37.4 Å². The van der Waals surface area contributed by atoms with Gasteiger partial charge >= 0.3 is 0 Å². The minimum atomic E-state index is -2.94. The van der Waals surface area contributed by atoms with Crippen molar-refractivity contribution in [3.63, 3.8) is 0 Å². The van der Waals surface area contributed by atoms with Crippen LogP contribution in [0, 0.1) is 5.82 Å². The zero-order valence-corrected chi connectivity index (χ0v) is 20.7. The highest BCUT2D eigenvalue weighted by Gasteiger charge is 2.29. The predicted octanol–water partition coefficient (Wildman–Crippen LogP) is 3.72. The summed E-state index contributed by atoms with van der Waals surface area (Å²) < 4.78 is 42.4. The number of hydrogen-bond acceptors (Lipinski definition) is 6. The highest BCUT2D eigenvalue weighted by atomic mass is 19.3. The fraction of sp³-hybridized carbons (Fsp3) is 0.500. The molecule has 8 nitrogen and oxygen atoms in total. The zero-order valence-electron chi connectivity index (χ0n) is 20.7. The lowest BCUT2D eigenvalue weighted by Crippen LogP contribution is -2.49. The summed E-state index contributed by atoms with van der Waals surface area (Å²) in [5.74, 6) is -1.48. The van der Waals surface area contributed by atoms with Crippen molar-refractivity contribution >= 4 is 17.2 Å². The average molecular weight is 517 g/mol. The van der Waals surface area contributed by atoms with Crippen LogP contribution in [0.2, 0.25) is 0 Å². The Morgan fingerprint density at radius 2 is 1.92 bits per heavy atom.